The number of benzene rings is 1. The van der Waals surface area contributed by atoms with E-state index in [-0.39, 0.29) is 0 Å². The number of halogens is 1. The summed E-state index contributed by atoms with van der Waals surface area (Å²) < 4.78 is 19.8. The normalized spacial score (nSPS) is 12.1. The van der Waals surface area contributed by atoms with Gasteiger partial charge in [0.15, 0.2) is 5.82 Å². The second kappa shape index (κ2) is 21.0. The maximum atomic E-state index is 14.0. The Bertz CT molecular complexity index is 778. The highest BCUT2D eigenvalue weighted by Crippen LogP contribution is 2.21. The van der Waals surface area contributed by atoms with Crippen molar-refractivity contribution in [3.63, 3.8) is 0 Å². The molecule has 37 heavy (non-hydrogen) atoms. The van der Waals surface area contributed by atoms with Gasteiger partial charge in [-0.15, -0.1) is 0 Å². The van der Waals surface area contributed by atoms with Crippen LogP contribution in [0.4, 0.5) is 4.39 Å². The van der Waals surface area contributed by atoms with Gasteiger partial charge < -0.3 is 4.74 Å². The minimum Gasteiger partial charge on any atom is -0.493 e. The summed E-state index contributed by atoms with van der Waals surface area (Å²) in [7, 11) is 0. The Balaban J connectivity index is 1.56. The Morgan fingerprint density at radius 3 is 1.73 bits per heavy atom. The zero-order valence-corrected chi connectivity index (χ0v) is 23.9. The molecule has 1 atom stereocenters. The highest BCUT2D eigenvalue weighted by molar-refractivity contribution is 5.55. The van der Waals surface area contributed by atoms with Crippen molar-refractivity contribution >= 4 is 0 Å². The number of ether oxygens (including phenoxy) is 1. The number of unbranched alkanes of at least 4 members (excludes halogenated alkanes) is 14. The first kappa shape index (κ1) is 31.2. The van der Waals surface area contributed by atoms with Crippen LogP contribution in [-0.4, -0.2) is 22.7 Å². The van der Waals surface area contributed by atoms with Gasteiger partial charge in [0.25, 0.3) is 0 Å². The summed E-state index contributed by atoms with van der Waals surface area (Å²) in [4.78, 5) is 9.16. The SMILES string of the molecule is CCCCCCCCCCCCCc1cnc(-c2ccc(OCCC(F)CCCCCCC)cc2)nc1. The van der Waals surface area contributed by atoms with Crippen LogP contribution in [0, 0.1) is 0 Å². The van der Waals surface area contributed by atoms with Gasteiger partial charge in [-0.25, -0.2) is 14.4 Å². The van der Waals surface area contributed by atoms with Gasteiger partial charge in [0, 0.05) is 24.4 Å². The van der Waals surface area contributed by atoms with Gasteiger partial charge >= 0.3 is 0 Å². The Morgan fingerprint density at radius 2 is 1.16 bits per heavy atom. The number of aryl methyl sites for hydroxylation is 1. The summed E-state index contributed by atoms with van der Waals surface area (Å²) in [6, 6.07) is 7.81. The molecule has 0 saturated carbocycles. The van der Waals surface area contributed by atoms with Crippen molar-refractivity contribution in [2.24, 2.45) is 0 Å². The number of hydrogen-bond acceptors (Lipinski definition) is 3. The summed E-state index contributed by atoms with van der Waals surface area (Å²) in [6.45, 7) is 4.89. The predicted octanol–water partition coefficient (Wildman–Crippen LogP) is 10.5. The third-order valence-electron chi connectivity index (χ3n) is 7.21. The van der Waals surface area contributed by atoms with Crippen LogP contribution >= 0.6 is 0 Å². The van der Waals surface area contributed by atoms with Gasteiger partial charge in [-0.1, -0.05) is 110 Å². The van der Waals surface area contributed by atoms with E-state index in [1.807, 2.05) is 36.7 Å². The third kappa shape index (κ3) is 15.1. The minimum atomic E-state index is -0.766. The molecule has 0 amide bonds. The Labute approximate surface area is 227 Å². The van der Waals surface area contributed by atoms with Crippen molar-refractivity contribution < 1.29 is 9.13 Å². The molecule has 0 N–H and O–H groups in total. The Hall–Kier alpha value is -1.97. The Morgan fingerprint density at radius 1 is 0.649 bits per heavy atom. The monoisotopic (exact) mass is 512 g/mol. The lowest BCUT2D eigenvalue weighted by molar-refractivity contribution is 0.222. The molecular weight excluding hydrogens is 459 g/mol. The van der Waals surface area contributed by atoms with Gasteiger partial charge in [-0.2, -0.15) is 0 Å². The van der Waals surface area contributed by atoms with E-state index in [2.05, 4.69) is 23.8 Å². The minimum absolute atomic E-state index is 0.416. The highest BCUT2D eigenvalue weighted by atomic mass is 19.1. The van der Waals surface area contributed by atoms with E-state index < -0.39 is 6.17 Å². The molecule has 0 fully saturated rings. The molecule has 208 valence electrons. The molecule has 0 aliphatic heterocycles. The second-order valence-electron chi connectivity index (χ2n) is 10.7. The first-order chi connectivity index (χ1) is 18.2. The fourth-order valence-electron chi connectivity index (χ4n) is 4.74. The molecule has 3 nitrogen and oxygen atoms in total. The van der Waals surface area contributed by atoms with E-state index in [4.69, 9.17) is 4.74 Å². The number of hydrogen-bond donors (Lipinski definition) is 0. The molecule has 0 aliphatic carbocycles. The molecule has 0 saturated heterocycles. The van der Waals surface area contributed by atoms with E-state index in [1.54, 1.807) is 0 Å². The average molecular weight is 513 g/mol. The van der Waals surface area contributed by atoms with E-state index in [0.717, 1.165) is 36.4 Å². The molecule has 1 aromatic heterocycles. The molecule has 0 spiro atoms. The fourth-order valence-corrected chi connectivity index (χ4v) is 4.74. The second-order valence-corrected chi connectivity index (χ2v) is 10.7. The van der Waals surface area contributed by atoms with Gasteiger partial charge in [-0.3, -0.25) is 0 Å². The van der Waals surface area contributed by atoms with Crippen molar-refractivity contribution in [1.82, 2.24) is 9.97 Å². The van der Waals surface area contributed by atoms with Gasteiger partial charge in [0.2, 0.25) is 0 Å². The van der Waals surface area contributed by atoms with Crippen molar-refractivity contribution in [2.75, 3.05) is 6.61 Å². The van der Waals surface area contributed by atoms with Crippen LogP contribution in [0.5, 0.6) is 5.75 Å². The van der Waals surface area contributed by atoms with Crippen LogP contribution in [0.2, 0.25) is 0 Å². The number of rotatable bonds is 23. The van der Waals surface area contributed by atoms with Gasteiger partial charge in [0.1, 0.15) is 11.9 Å². The largest absolute Gasteiger partial charge is 0.493 e. The maximum absolute atomic E-state index is 14.0. The van der Waals surface area contributed by atoms with Crippen LogP contribution in [0.3, 0.4) is 0 Å². The molecule has 2 rings (SSSR count). The van der Waals surface area contributed by atoms with Crippen LogP contribution in [0.25, 0.3) is 11.4 Å². The summed E-state index contributed by atoms with van der Waals surface area (Å²) >= 11 is 0. The zero-order valence-electron chi connectivity index (χ0n) is 23.9. The van der Waals surface area contributed by atoms with Crippen LogP contribution in [-0.2, 0) is 6.42 Å². The quantitative estimate of drug-likeness (QED) is 0.139. The van der Waals surface area contributed by atoms with Crippen molar-refractivity contribution in [3.8, 4) is 17.1 Å². The highest BCUT2D eigenvalue weighted by Gasteiger charge is 2.07. The maximum Gasteiger partial charge on any atom is 0.159 e. The smallest absolute Gasteiger partial charge is 0.159 e. The average Bonchev–Trinajstić information content (AvgIpc) is 2.92. The summed E-state index contributed by atoms with van der Waals surface area (Å²) in [5.41, 5.74) is 2.19. The molecule has 1 aromatic carbocycles. The molecule has 1 heterocycles. The molecule has 0 bridgehead atoms. The number of aromatic nitrogens is 2. The third-order valence-corrected chi connectivity index (χ3v) is 7.21. The number of alkyl halides is 1. The molecular formula is C33H53FN2O. The molecule has 4 heteroatoms. The van der Waals surface area contributed by atoms with Gasteiger partial charge in [-0.05, 0) is 49.1 Å². The first-order valence-electron chi connectivity index (χ1n) is 15.4. The van der Waals surface area contributed by atoms with E-state index in [9.17, 15) is 4.39 Å². The standard InChI is InChI=1S/C33H53FN2O/c1-3-5-7-9-10-11-12-13-14-16-17-19-29-27-35-33(36-28-29)30-21-23-32(24-22-30)37-26-25-31(34)20-18-15-8-6-4-2/h21-24,27-28,31H,3-20,25-26H2,1-2H3. The van der Waals surface area contributed by atoms with Crippen molar-refractivity contribution in [2.45, 2.75) is 142 Å². The molecule has 0 aliphatic rings. The van der Waals surface area contributed by atoms with E-state index >= 15 is 0 Å². The van der Waals surface area contributed by atoms with E-state index in [1.165, 1.54) is 95.5 Å². The van der Waals surface area contributed by atoms with Crippen LogP contribution in [0.15, 0.2) is 36.7 Å². The summed E-state index contributed by atoms with van der Waals surface area (Å²) in [5, 5.41) is 0. The predicted molar refractivity (Wildman–Crippen MR) is 156 cm³/mol. The Kier molecular flexibility index (Phi) is 17.7. The fraction of sp³-hybridized carbons (Fsp3) is 0.697. The van der Waals surface area contributed by atoms with Crippen LogP contribution < -0.4 is 4.74 Å². The lowest BCUT2D eigenvalue weighted by Crippen LogP contribution is -2.07. The lowest BCUT2D eigenvalue weighted by Gasteiger charge is -2.10. The molecule has 0 radical (unpaired) electrons. The molecule has 1 unspecified atom stereocenters. The topological polar surface area (TPSA) is 35.0 Å². The van der Waals surface area contributed by atoms with Crippen molar-refractivity contribution in [1.29, 1.82) is 0 Å². The zero-order chi connectivity index (χ0) is 26.4. The lowest BCUT2D eigenvalue weighted by atomic mass is 10.0. The van der Waals surface area contributed by atoms with E-state index in [0.29, 0.717) is 19.4 Å². The summed E-state index contributed by atoms with van der Waals surface area (Å²) in [6.07, 6.45) is 26.1. The molecule has 2 aromatic rings. The van der Waals surface area contributed by atoms with Crippen LogP contribution in [0.1, 0.15) is 135 Å². The summed E-state index contributed by atoms with van der Waals surface area (Å²) in [5.74, 6) is 1.51. The van der Waals surface area contributed by atoms with Crippen molar-refractivity contribution in [3.05, 3.63) is 42.2 Å². The van der Waals surface area contributed by atoms with Gasteiger partial charge in [0.05, 0.1) is 6.61 Å². The number of nitrogens with zero attached hydrogens (tertiary/aromatic N) is 2. The first-order valence-corrected chi connectivity index (χ1v) is 15.4.